The first kappa shape index (κ1) is 38.7. The minimum absolute atomic E-state index is 0.0108. The molecule has 7 nitrogen and oxygen atoms in total. The largest absolute Gasteiger partial charge is 0.481 e. The van der Waals surface area contributed by atoms with Gasteiger partial charge in [-0.3, -0.25) is 14.4 Å². The topological polar surface area (TPSA) is 91.6 Å². The molecule has 1 aromatic heterocycles. The van der Waals surface area contributed by atoms with Crippen molar-refractivity contribution in [3.05, 3.63) is 91.6 Å². The van der Waals surface area contributed by atoms with Crippen molar-refractivity contribution >= 4 is 11.9 Å². The minimum Gasteiger partial charge on any atom is -0.481 e. The van der Waals surface area contributed by atoms with E-state index >= 15 is 8.78 Å². The number of nitrogens with zero attached hydrogens (tertiary/aromatic N) is 2. The molecule has 5 rings (SSSR count). The van der Waals surface area contributed by atoms with Crippen LogP contribution in [-0.4, -0.2) is 46.1 Å². The summed E-state index contributed by atoms with van der Waals surface area (Å²) < 4.78 is 90.0. The number of carboxylic acids is 1. The number of pyridine rings is 1. The van der Waals surface area contributed by atoms with Crippen molar-refractivity contribution in [1.29, 1.82) is 0 Å². The number of nitrogens with one attached hydrogen (secondary N) is 1. The van der Waals surface area contributed by atoms with Crippen molar-refractivity contribution in [1.82, 2.24) is 14.8 Å². The molecule has 3 aromatic rings. The molecule has 1 saturated carbocycles. The zero-order valence-corrected chi connectivity index (χ0v) is 29.3. The van der Waals surface area contributed by atoms with Gasteiger partial charge >= 0.3 is 12.1 Å². The molecule has 0 bridgehead atoms. The molecule has 0 spiro atoms. The number of terminal acetylenes is 1. The molecular weight excluding hydrogens is 688 g/mol. The van der Waals surface area contributed by atoms with Gasteiger partial charge in [0.05, 0.1) is 18.0 Å². The lowest BCUT2D eigenvalue weighted by molar-refractivity contribution is -0.139. The van der Waals surface area contributed by atoms with Crippen molar-refractivity contribution in [2.45, 2.75) is 78.1 Å². The van der Waals surface area contributed by atoms with Crippen LogP contribution in [0.15, 0.2) is 35.3 Å². The molecule has 2 aromatic carbocycles. The van der Waals surface area contributed by atoms with Crippen molar-refractivity contribution in [2.75, 3.05) is 19.6 Å². The van der Waals surface area contributed by atoms with Crippen LogP contribution in [0.3, 0.4) is 0 Å². The summed E-state index contributed by atoms with van der Waals surface area (Å²) in [5.74, 6) is -3.26. The zero-order valence-electron chi connectivity index (χ0n) is 29.3. The SMILES string of the molecule is C#Cc1cc(F)c([C@@H](CC(=O)O)NC(=O)[C@@H](CC(C)C)n2cc(CC3CN(CC4CC4)C3)c(C(F)(F)F)cc2=O)c(F)c1-c1c(C)cc(F)cc1C. The number of alkyl halides is 3. The van der Waals surface area contributed by atoms with E-state index in [4.69, 9.17) is 6.42 Å². The third-order valence-electron chi connectivity index (χ3n) is 9.76. The van der Waals surface area contributed by atoms with Gasteiger partial charge in [-0.25, -0.2) is 13.2 Å². The number of likely N-dealkylation sites (tertiary alicyclic amines) is 1. The van der Waals surface area contributed by atoms with E-state index in [0.29, 0.717) is 25.1 Å². The summed E-state index contributed by atoms with van der Waals surface area (Å²) in [6, 6.07) is 0.231. The van der Waals surface area contributed by atoms with Crippen LogP contribution in [0.25, 0.3) is 11.1 Å². The van der Waals surface area contributed by atoms with E-state index in [1.807, 2.05) is 0 Å². The summed E-state index contributed by atoms with van der Waals surface area (Å²) in [5, 5.41) is 12.2. The van der Waals surface area contributed by atoms with Gasteiger partial charge in [-0.1, -0.05) is 19.8 Å². The highest BCUT2D eigenvalue weighted by atomic mass is 19.4. The highest BCUT2D eigenvalue weighted by Gasteiger charge is 2.39. The second kappa shape index (κ2) is 15.2. The Bertz CT molecular complexity index is 1950. The van der Waals surface area contributed by atoms with Crippen LogP contribution in [-0.2, 0) is 22.2 Å². The molecule has 2 fully saturated rings. The van der Waals surface area contributed by atoms with E-state index in [2.05, 4.69) is 16.1 Å². The second-order valence-corrected chi connectivity index (χ2v) is 14.6. The van der Waals surface area contributed by atoms with Gasteiger partial charge < -0.3 is 19.9 Å². The van der Waals surface area contributed by atoms with Crippen molar-refractivity contribution in [3.63, 3.8) is 0 Å². The monoisotopic (exact) mass is 729 g/mol. The average molecular weight is 730 g/mol. The molecule has 1 saturated heterocycles. The number of halogens is 6. The third kappa shape index (κ3) is 8.55. The number of amides is 1. The smallest absolute Gasteiger partial charge is 0.416 e. The molecule has 2 heterocycles. The Balaban J connectivity index is 1.55. The molecule has 1 aliphatic carbocycles. The van der Waals surface area contributed by atoms with Crippen LogP contribution in [0.5, 0.6) is 0 Å². The minimum atomic E-state index is -4.84. The predicted octanol–water partition coefficient (Wildman–Crippen LogP) is 7.35. The predicted molar refractivity (Wildman–Crippen MR) is 183 cm³/mol. The fourth-order valence-corrected chi connectivity index (χ4v) is 7.27. The Morgan fingerprint density at radius 1 is 1.02 bits per heavy atom. The Labute approximate surface area is 298 Å². The van der Waals surface area contributed by atoms with E-state index in [9.17, 15) is 37.1 Å². The van der Waals surface area contributed by atoms with Gasteiger partial charge in [0, 0.05) is 48.6 Å². The summed E-state index contributed by atoms with van der Waals surface area (Å²) in [6.45, 7) is 8.52. The molecule has 278 valence electrons. The van der Waals surface area contributed by atoms with Crippen LogP contribution < -0.4 is 10.9 Å². The van der Waals surface area contributed by atoms with E-state index in [0.717, 1.165) is 48.3 Å². The standard InChI is InChI=1S/C39H41F6N3O4/c1-6-25-13-29(41)36(37(42)35(25)34-21(4)10-27(40)11-22(34)5)30(15-33(50)51)46-38(52)31(9-20(2)3)48-19-26(28(14-32(48)49)39(43,44)45)12-24-17-47(18-24)16-23-7-8-23/h1,10-11,13-14,19-20,23-24,30-31H,7-9,12,15-18H2,2-5H3,(H,46,52)(H,50,51)/t30-,31-/m1/s1. The highest BCUT2D eigenvalue weighted by molar-refractivity contribution is 5.83. The Kier molecular flexibility index (Phi) is 11.3. The van der Waals surface area contributed by atoms with Gasteiger partial charge in [0.15, 0.2) is 0 Å². The number of rotatable bonds is 13. The Hall–Kier alpha value is -4.57. The molecule has 0 radical (unpaired) electrons. The quantitative estimate of drug-likeness (QED) is 0.142. The van der Waals surface area contributed by atoms with Crippen LogP contribution in [0.4, 0.5) is 26.3 Å². The first-order valence-corrected chi connectivity index (χ1v) is 17.2. The molecule has 1 aliphatic heterocycles. The number of aromatic nitrogens is 1. The molecular formula is C39H41F6N3O4. The van der Waals surface area contributed by atoms with Crippen LogP contribution in [0, 0.1) is 61.4 Å². The normalized spacial score (nSPS) is 16.3. The van der Waals surface area contributed by atoms with Crippen molar-refractivity contribution in [2.24, 2.45) is 17.8 Å². The fourth-order valence-electron chi connectivity index (χ4n) is 7.27. The van der Waals surface area contributed by atoms with E-state index in [-0.39, 0.29) is 58.1 Å². The lowest BCUT2D eigenvalue weighted by atomic mass is 9.88. The third-order valence-corrected chi connectivity index (χ3v) is 9.76. The lowest BCUT2D eigenvalue weighted by Crippen LogP contribution is -2.48. The summed E-state index contributed by atoms with van der Waals surface area (Å²) in [4.78, 5) is 41.6. The molecule has 2 N–H and O–H groups in total. The number of carbonyl (C=O) groups excluding carboxylic acids is 1. The average Bonchev–Trinajstić information content (AvgIpc) is 3.83. The molecule has 52 heavy (non-hydrogen) atoms. The van der Waals surface area contributed by atoms with Crippen molar-refractivity contribution in [3.8, 4) is 23.5 Å². The highest BCUT2D eigenvalue weighted by Crippen LogP contribution is 2.39. The number of hydrogen-bond donors (Lipinski definition) is 2. The number of aliphatic carboxylic acids is 1. The van der Waals surface area contributed by atoms with Gasteiger partial charge in [-0.2, -0.15) is 13.2 Å². The van der Waals surface area contributed by atoms with Gasteiger partial charge in [-0.05, 0) is 97.7 Å². The number of carboxylic acid groups (broad SMARTS) is 1. The van der Waals surface area contributed by atoms with E-state index in [1.165, 1.54) is 13.8 Å². The van der Waals surface area contributed by atoms with Gasteiger partial charge in [0.2, 0.25) is 5.91 Å². The van der Waals surface area contributed by atoms with Gasteiger partial charge in [0.1, 0.15) is 23.5 Å². The zero-order chi connectivity index (χ0) is 38.2. The van der Waals surface area contributed by atoms with Crippen LogP contribution in [0.1, 0.15) is 85.0 Å². The molecule has 2 aliphatic rings. The summed E-state index contributed by atoms with van der Waals surface area (Å²) in [7, 11) is 0. The maximum absolute atomic E-state index is 16.6. The number of aryl methyl sites for hydroxylation is 2. The Morgan fingerprint density at radius 2 is 1.65 bits per heavy atom. The molecule has 2 atom stereocenters. The number of benzene rings is 2. The van der Waals surface area contributed by atoms with Gasteiger partial charge in [-0.15, -0.1) is 6.42 Å². The lowest BCUT2D eigenvalue weighted by Gasteiger charge is -2.40. The maximum Gasteiger partial charge on any atom is 0.416 e. The van der Waals surface area contributed by atoms with Crippen LogP contribution in [0.2, 0.25) is 0 Å². The summed E-state index contributed by atoms with van der Waals surface area (Å²) >= 11 is 0. The molecule has 0 unspecified atom stereocenters. The second-order valence-electron chi connectivity index (χ2n) is 14.6. The van der Waals surface area contributed by atoms with E-state index in [1.54, 1.807) is 13.8 Å². The first-order valence-electron chi connectivity index (χ1n) is 17.2. The van der Waals surface area contributed by atoms with Crippen LogP contribution >= 0.6 is 0 Å². The maximum atomic E-state index is 16.6. The van der Waals surface area contributed by atoms with E-state index < -0.39 is 70.7 Å². The number of hydrogen-bond acceptors (Lipinski definition) is 4. The van der Waals surface area contributed by atoms with Crippen molar-refractivity contribution < 1.29 is 41.0 Å². The fraction of sp³-hybridized carbons (Fsp3) is 0.462. The summed E-state index contributed by atoms with van der Waals surface area (Å²) in [6.07, 6.45) is 3.01. The molecule has 1 amide bonds. The first-order chi connectivity index (χ1) is 24.4. The van der Waals surface area contributed by atoms with Gasteiger partial charge in [0.25, 0.3) is 5.56 Å². The molecule has 13 heteroatoms. The summed E-state index contributed by atoms with van der Waals surface area (Å²) in [5.41, 5.74) is -3.08. The number of carbonyl (C=O) groups is 2. The Morgan fingerprint density at radius 3 is 2.19 bits per heavy atom.